The average Bonchev–Trinajstić information content (AvgIpc) is 2.73. The number of aromatic nitrogens is 2. The van der Waals surface area contributed by atoms with Gasteiger partial charge in [0.05, 0.1) is 10.0 Å². The second kappa shape index (κ2) is 5.31. The maximum atomic E-state index is 12.0. The summed E-state index contributed by atoms with van der Waals surface area (Å²) < 4.78 is 26.4. The first-order chi connectivity index (χ1) is 8.49. The van der Waals surface area contributed by atoms with Gasteiger partial charge < -0.3 is 0 Å². The van der Waals surface area contributed by atoms with E-state index in [0.29, 0.717) is 0 Å². The van der Waals surface area contributed by atoms with Gasteiger partial charge in [0, 0.05) is 30.0 Å². The Balaban J connectivity index is 2.16. The lowest BCUT2D eigenvalue weighted by atomic mass is 10.5. The molecule has 0 saturated carbocycles. The molecular formula is C10H10ClN3O2S2. The van der Waals surface area contributed by atoms with Crippen molar-refractivity contribution in [3.05, 3.63) is 39.6 Å². The Labute approximate surface area is 114 Å². The fourth-order valence-electron chi connectivity index (χ4n) is 1.29. The molecule has 0 aromatic carbocycles. The van der Waals surface area contributed by atoms with E-state index < -0.39 is 10.0 Å². The molecule has 5 nitrogen and oxygen atoms in total. The van der Waals surface area contributed by atoms with Crippen LogP contribution in [0.5, 0.6) is 0 Å². The van der Waals surface area contributed by atoms with Crippen molar-refractivity contribution in [1.82, 2.24) is 14.7 Å². The fraction of sp³-hybridized carbons (Fsp3) is 0.200. The predicted octanol–water partition coefficient (Wildman–Crippen LogP) is 1.98. The zero-order valence-electron chi connectivity index (χ0n) is 9.42. The number of nitrogens with one attached hydrogen (secondary N) is 1. The minimum absolute atomic E-state index is 0.0205. The Kier molecular flexibility index (Phi) is 3.96. The Morgan fingerprint density at radius 1 is 1.44 bits per heavy atom. The topological polar surface area (TPSA) is 72.0 Å². The van der Waals surface area contributed by atoms with Crippen molar-refractivity contribution in [2.45, 2.75) is 18.4 Å². The zero-order chi connectivity index (χ0) is 13.2. The molecule has 2 rings (SSSR count). The molecule has 0 aliphatic rings. The first-order valence-corrected chi connectivity index (χ1v) is 7.67. The molecule has 18 heavy (non-hydrogen) atoms. The standard InChI is InChI=1S/C10H10ClN3O2S2/c1-7-13-4-8(17-7)5-14-18(15,16)10-6-12-3-2-9(10)11/h2-4,6,14H,5H2,1H3. The number of aryl methyl sites for hydroxylation is 1. The van der Waals surface area contributed by atoms with Gasteiger partial charge in [0.1, 0.15) is 4.90 Å². The highest BCUT2D eigenvalue weighted by atomic mass is 35.5. The van der Waals surface area contributed by atoms with Crippen LogP contribution in [0.1, 0.15) is 9.88 Å². The number of nitrogens with zero attached hydrogens (tertiary/aromatic N) is 2. The van der Waals surface area contributed by atoms with Crippen molar-refractivity contribution in [1.29, 1.82) is 0 Å². The van der Waals surface area contributed by atoms with Crippen LogP contribution >= 0.6 is 22.9 Å². The lowest BCUT2D eigenvalue weighted by Gasteiger charge is -2.06. The SMILES string of the molecule is Cc1ncc(CNS(=O)(=O)c2cnccc2Cl)s1. The van der Waals surface area contributed by atoms with Crippen molar-refractivity contribution in [2.24, 2.45) is 0 Å². The summed E-state index contributed by atoms with van der Waals surface area (Å²) in [6, 6.07) is 1.44. The molecule has 8 heteroatoms. The smallest absolute Gasteiger partial charge is 0.243 e. The minimum atomic E-state index is -3.65. The van der Waals surface area contributed by atoms with E-state index in [1.54, 1.807) is 6.20 Å². The van der Waals surface area contributed by atoms with E-state index in [1.165, 1.54) is 29.8 Å². The predicted molar refractivity (Wildman–Crippen MR) is 70.1 cm³/mol. The first-order valence-electron chi connectivity index (χ1n) is 4.99. The summed E-state index contributed by atoms with van der Waals surface area (Å²) >= 11 is 7.27. The molecule has 1 N–H and O–H groups in total. The van der Waals surface area contributed by atoms with Gasteiger partial charge in [-0.3, -0.25) is 4.98 Å². The highest BCUT2D eigenvalue weighted by Crippen LogP contribution is 2.19. The molecule has 0 radical (unpaired) electrons. The van der Waals surface area contributed by atoms with E-state index in [1.807, 2.05) is 6.92 Å². The van der Waals surface area contributed by atoms with Crippen LogP contribution in [0.25, 0.3) is 0 Å². The van der Waals surface area contributed by atoms with E-state index in [2.05, 4.69) is 14.7 Å². The summed E-state index contributed by atoms with van der Waals surface area (Å²) in [6.07, 6.45) is 4.31. The Hall–Kier alpha value is -1.02. The monoisotopic (exact) mass is 303 g/mol. The average molecular weight is 304 g/mol. The molecule has 2 aromatic heterocycles. The molecule has 0 fully saturated rings. The lowest BCUT2D eigenvalue weighted by molar-refractivity contribution is 0.581. The summed E-state index contributed by atoms with van der Waals surface area (Å²) in [5.41, 5.74) is 0. The molecule has 0 atom stereocenters. The fourth-order valence-corrected chi connectivity index (χ4v) is 3.55. The molecule has 0 amide bonds. The van der Waals surface area contributed by atoms with Gasteiger partial charge in [-0.05, 0) is 13.0 Å². The van der Waals surface area contributed by atoms with Gasteiger partial charge in [0.15, 0.2) is 0 Å². The van der Waals surface area contributed by atoms with Crippen molar-refractivity contribution < 1.29 is 8.42 Å². The zero-order valence-corrected chi connectivity index (χ0v) is 11.8. The number of halogens is 1. The van der Waals surface area contributed by atoms with E-state index in [0.717, 1.165) is 9.88 Å². The third-order valence-corrected chi connectivity index (χ3v) is 4.91. The molecule has 0 saturated heterocycles. The Morgan fingerprint density at radius 2 is 2.22 bits per heavy atom. The number of rotatable bonds is 4. The maximum absolute atomic E-state index is 12.0. The third kappa shape index (κ3) is 3.05. The minimum Gasteiger partial charge on any atom is -0.263 e. The van der Waals surface area contributed by atoms with E-state index in [9.17, 15) is 8.42 Å². The summed E-state index contributed by atoms with van der Waals surface area (Å²) in [7, 11) is -3.65. The van der Waals surface area contributed by atoms with Crippen LogP contribution in [-0.2, 0) is 16.6 Å². The number of sulfonamides is 1. The number of hydrogen-bond donors (Lipinski definition) is 1. The van der Waals surface area contributed by atoms with Crippen molar-refractivity contribution in [3.63, 3.8) is 0 Å². The number of pyridine rings is 1. The van der Waals surface area contributed by atoms with Gasteiger partial charge >= 0.3 is 0 Å². The van der Waals surface area contributed by atoms with Gasteiger partial charge in [-0.25, -0.2) is 18.1 Å². The lowest BCUT2D eigenvalue weighted by Crippen LogP contribution is -2.23. The van der Waals surface area contributed by atoms with Gasteiger partial charge in [0.2, 0.25) is 10.0 Å². The van der Waals surface area contributed by atoms with Crippen molar-refractivity contribution in [2.75, 3.05) is 0 Å². The molecule has 0 spiro atoms. The molecule has 0 bridgehead atoms. The van der Waals surface area contributed by atoms with Crippen LogP contribution < -0.4 is 4.72 Å². The van der Waals surface area contributed by atoms with E-state index >= 15 is 0 Å². The highest BCUT2D eigenvalue weighted by Gasteiger charge is 2.17. The molecule has 0 aliphatic carbocycles. The van der Waals surface area contributed by atoms with E-state index in [-0.39, 0.29) is 16.5 Å². The summed E-state index contributed by atoms with van der Waals surface area (Å²) in [5.74, 6) is 0. The van der Waals surface area contributed by atoms with Crippen molar-refractivity contribution in [3.8, 4) is 0 Å². The van der Waals surface area contributed by atoms with E-state index in [4.69, 9.17) is 11.6 Å². The van der Waals surface area contributed by atoms with Crippen LogP contribution in [0.15, 0.2) is 29.6 Å². The van der Waals surface area contributed by atoms with Crippen LogP contribution in [0.2, 0.25) is 5.02 Å². The molecular weight excluding hydrogens is 294 g/mol. The maximum Gasteiger partial charge on any atom is 0.243 e. The second-order valence-electron chi connectivity index (χ2n) is 3.48. The first kappa shape index (κ1) is 13.4. The molecule has 96 valence electrons. The molecule has 2 heterocycles. The third-order valence-electron chi connectivity index (χ3n) is 2.13. The van der Waals surface area contributed by atoms with Crippen LogP contribution in [0.3, 0.4) is 0 Å². The Bertz CT molecular complexity index is 655. The largest absolute Gasteiger partial charge is 0.263 e. The van der Waals surface area contributed by atoms with Gasteiger partial charge in [-0.15, -0.1) is 11.3 Å². The highest BCUT2D eigenvalue weighted by molar-refractivity contribution is 7.89. The number of hydrogen-bond acceptors (Lipinski definition) is 5. The summed E-state index contributed by atoms with van der Waals surface area (Å²) in [4.78, 5) is 8.63. The van der Waals surface area contributed by atoms with Gasteiger partial charge in [0.25, 0.3) is 0 Å². The van der Waals surface area contributed by atoms with Crippen LogP contribution in [0, 0.1) is 6.92 Å². The number of thiazole rings is 1. The summed E-state index contributed by atoms with van der Waals surface area (Å²) in [5, 5.41) is 1.04. The van der Waals surface area contributed by atoms with Crippen molar-refractivity contribution >= 4 is 33.0 Å². The quantitative estimate of drug-likeness (QED) is 0.937. The van der Waals surface area contributed by atoms with Gasteiger partial charge in [-0.1, -0.05) is 11.6 Å². The molecule has 0 aliphatic heterocycles. The second-order valence-corrected chi connectivity index (χ2v) is 6.94. The normalized spacial score (nSPS) is 11.7. The van der Waals surface area contributed by atoms with Gasteiger partial charge in [-0.2, -0.15) is 0 Å². The van der Waals surface area contributed by atoms with Crippen LogP contribution in [0.4, 0.5) is 0 Å². The molecule has 2 aromatic rings. The Morgan fingerprint density at radius 3 is 2.83 bits per heavy atom. The summed E-state index contributed by atoms with van der Waals surface area (Å²) in [6.45, 7) is 2.06. The van der Waals surface area contributed by atoms with Crippen LogP contribution in [-0.4, -0.2) is 18.4 Å². The molecule has 0 unspecified atom stereocenters.